The van der Waals surface area contributed by atoms with E-state index in [0.29, 0.717) is 16.5 Å². The van der Waals surface area contributed by atoms with Crippen LogP contribution in [-0.2, 0) is 0 Å². The molecule has 0 saturated carbocycles. The highest BCUT2D eigenvalue weighted by Crippen LogP contribution is 2.29. The van der Waals surface area contributed by atoms with Gasteiger partial charge in [0.15, 0.2) is 5.76 Å². The van der Waals surface area contributed by atoms with Crippen LogP contribution in [0.3, 0.4) is 0 Å². The minimum atomic E-state index is -0.445. The van der Waals surface area contributed by atoms with Crippen LogP contribution < -0.4 is 5.43 Å². The molecule has 1 aromatic heterocycles. The molecule has 3 nitrogen and oxygen atoms in total. The SMILES string of the molecule is C=C(c1ccccc1)c1oc2ccccc2c(=O)c1O. The van der Waals surface area contributed by atoms with Gasteiger partial charge in [0.2, 0.25) is 11.2 Å². The number of fused-ring (bicyclic) bond motifs is 1. The molecular weight excluding hydrogens is 252 g/mol. The highest BCUT2D eigenvalue weighted by Gasteiger charge is 2.16. The van der Waals surface area contributed by atoms with Crippen molar-refractivity contribution in [3.63, 3.8) is 0 Å². The molecule has 0 spiro atoms. The lowest BCUT2D eigenvalue weighted by atomic mass is 10.0. The standard InChI is InChI=1S/C17H12O3/c1-11(12-7-3-2-4-8-12)17-16(19)15(18)13-9-5-6-10-14(13)20-17/h2-10,19H,1H2. The Hall–Kier alpha value is -2.81. The topological polar surface area (TPSA) is 50.4 Å². The molecule has 0 bridgehead atoms. The first-order valence-electron chi connectivity index (χ1n) is 6.18. The van der Waals surface area contributed by atoms with Gasteiger partial charge in [-0.25, -0.2) is 0 Å². The van der Waals surface area contributed by atoms with Crippen LogP contribution in [0, 0.1) is 0 Å². The number of benzene rings is 2. The fourth-order valence-corrected chi connectivity index (χ4v) is 2.11. The molecule has 0 fully saturated rings. The van der Waals surface area contributed by atoms with Crippen molar-refractivity contribution in [2.45, 2.75) is 0 Å². The lowest BCUT2D eigenvalue weighted by Gasteiger charge is -2.08. The third-order valence-corrected chi connectivity index (χ3v) is 3.17. The van der Waals surface area contributed by atoms with Crippen molar-refractivity contribution < 1.29 is 9.52 Å². The maximum Gasteiger partial charge on any atom is 0.235 e. The van der Waals surface area contributed by atoms with Crippen LogP contribution in [0.5, 0.6) is 5.75 Å². The third-order valence-electron chi connectivity index (χ3n) is 3.17. The maximum absolute atomic E-state index is 12.1. The second-order valence-electron chi connectivity index (χ2n) is 4.45. The summed E-state index contributed by atoms with van der Waals surface area (Å²) in [7, 11) is 0. The van der Waals surface area contributed by atoms with Gasteiger partial charge in [0.25, 0.3) is 0 Å². The maximum atomic E-state index is 12.1. The number of hydrogen-bond acceptors (Lipinski definition) is 3. The van der Waals surface area contributed by atoms with Gasteiger partial charge in [-0.2, -0.15) is 0 Å². The zero-order valence-electron chi connectivity index (χ0n) is 10.7. The zero-order chi connectivity index (χ0) is 14.1. The van der Waals surface area contributed by atoms with Gasteiger partial charge in [-0.3, -0.25) is 4.79 Å². The fourth-order valence-electron chi connectivity index (χ4n) is 2.11. The monoisotopic (exact) mass is 264 g/mol. The Morgan fingerprint density at radius 2 is 1.65 bits per heavy atom. The van der Waals surface area contributed by atoms with Gasteiger partial charge in [0.1, 0.15) is 5.58 Å². The normalized spacial score (nSPS) is 10.6. The molecule has 0 amide bonds. The van der Waals surface area contributed by atoms with E-state index in [9.17, 15) is 9.90 Å². The molecule has 3 rings (SSSR count). The summed E-state index contributed by atoms with van der Waals surface area (Å²) < 4.78 is 5.64. The van der Waals surface area contributed by atoms with E-state index < -0.39 is 11.2 Å². The summed E-state index contributed by atoms with van der Waals surface area (Å²) in [5.74, 6) is -0.294. The Balaban J connectivity index is 2.25. The van der Waals surface area contributed by atoms with Crippen LogP contribution in [0.25, 0.3) is 16.5 Å². The second kappa shape index (κ2) is 4.70. The Morgan fingerprint density at radius 3 is 2.40 bits per heavy atom. The van der Waals surface area contributed by atoms with E-state index >= 15 is 0 Å². The molecular formula is C17H12O3. The molecule has 0 atom stereocenters. The highest BCUT2D eigenvalue weighted by molar-refractivity contribution is 5.84. The van der Waals surface area contributed by atoms with Crippen LogP contribution >= 0.6 is 0 Å². The van der Waals surface area contributed by atoms with Crippen molar-refractivity contribution in [2.75, 3.05) is 0 Å². The van der Waals surface area contributed by atoms with E-state index in [1.165, 1.54) is 0 Å². The van der Waals surface area contributed by atoms with Crippen molar-refractivity contribution in [3.05, 3.63) is 82.7 Å². The smallest absolute Gasteiger partial charge is 0.235 e. The van der Waals surface area contributed by atoms with E-state index in [4.69, 9.17) is 4.42 Å². The van der Waals surface area contributed by atoms with Crippen LogP contribution in [-0.4, -0.2) is 5.11 Å². The Labute approximate surface area is 115 Å². The average molecular weight is 264 g/mol. The summed E-state index contributed by atoms with van der Waals surface area (Å²) in [6.07, 6.45) is 0. The zero-order valence-corrected chi connectivity index (χ0v) is 10.7. The van der Waals surface area contributed by atoms with Gasteiger partial charge in [-0.15, -0.1) is 0 Å². The average Bonchev–Trinajstić information content (AvgIpc) is 2.51. The number of rotatable bonds is 2. The van der Waals surface area contributed by atoms with E-state index in [1.54, 1.807) is 24.3 Å². The van der Waals surface area contributed by atoms with Gasteiger partial charge < -0.3 is 9.52 Å². The minimum Gasteiger partial charge on any atom is -0.502 e. The minimum absolute atomic E-state index is 0.111. The second-order valence-corrected chi connectivity index (χ2v) is 4.45. The summed E-state index contributed by atoms with van der Waals surface area (Å²) in [5, 5.41) is 10.4. The van der Waals surface area contributed by atoms with Crippen molar-refractivity contribution in [1.29, 1.82) is 0 Å². The van der Waals surface area contributed by atoms with E-state index in [0.717, 1.165) is 5.56 Å². The summed E-state index contributed by atoms with van der Waals surface area (Å²) in [4.78, 5) is 12.1. The molecule has 1 N–H and O–H groups in total. The fraction of sp³-hybridized carbons (Fsp3) is 0. The van der Waals surface area contributed by atoms with Crippen LogP contribution in [0.15, 0.2) is 70.4 Å². The molecule has 0 unspecified atom stereocenters. The van der Waals surface area contributed by atoms with E-state index in [-0.39, 0.29) is 5.76 Å². The molecule has 3 heteroatoms. The number of para-hydroxylation sites is 1. The molecule has 0 aliphatic rings. The van der Waals surface area contributed by atoms with Crippen LogP contribution in [0.1, 0.15) is 11.3 Å². The molecule has 0 saturated heterocycles. The summed E-state index contributed by atoms with van der Waals surface area (Å²) >= 11 is 0. The molecule has 98 valence electrons. The summed E-state index contributed by atoms with van der Waals surface area (Å²) in [6, 6.07) is 16.1. The van der Waals surface area contributed by atoms with E-state index in [1.807, 2.05) is 30.3 Å². The Kier molecular flexibility index (Phi) is 2.88. The van der Waals surface area contributed by atoms with Crippen molar-refractivity contribution in [3.8, 4) is 5.75 Å². The summed E-state index contributed by atoms with van der Waals surface area (Å²) in [5.41, 5.74) is 1.26. The van der Waals surface area contributed by atoms with Crippen molar-refractivity contribution in [2.24, 2.45) is 0 Å². The number of hydrogen-bond donors (Lipinski definition) is 1. The van der Waals surface area contributed by atoms with Crippen molar-refractivity contribution >= 4 is 16.5 Å². The molecule has 1 heterocycles. The first-order valence-corrected chi connectivity index (χ1v) is 6.18. The Morgan fingerprint density at radius 1 is 1.00 bits per heavy atom. The predicted molar refractivity (Wildman–Crippen MR) is 78.7 cm³/mol. The molecule has 0 radical (unpaired) electrons. The van der Waals surface area contributed by atoms with Crippen LogP contribution in [0.4, 0.5) is 0 Å². The van der Waals surface area contributed by atoms with Gasteiger partial charge in [-0.1, -0.05) is 49.0 Å². The lowest BCUT2D eigenvalue weighted by Crippen LogP contribution is -2.04. The lowest BCUT2D eigenvalue weighted by molar-refractivity contribution is 0.436. The third kappa shape index (κ3) is 1.89. The van der Waals surface area contributed by atoms with Crippen LogP contribution in [0.2, 0.25) is 0 Å². The van der Waals surface area contributed by atoms with Gasteiger partial charge in [0.05, 0.1) is 5.39 Å². The van der Waals surface area contributed by atoms with Gasteiger partial charge in [-0.05, 0) is 17.7 Å². The summed E-state index contributed by atoms with van der Waals surface area (Å²) in [6.45, 7) is 3.91. The van der Waals surface area contributed by atoms with Gasteiger partial charge in [0, 0.05) is 5.57 Å². The van der Waals surface area contributed by atoms with E-state index in [2.05, 4.69) is 6.58 Å². The molecule has 0 aliphatic heterocycles. The molecule has 20 heavy (non-hydrogen) atoms. The molecule has 2 aromatic carbocycles. The van der Waals surface area contributed by atoms with Crippen molar-refractivity contribution in [1.82, 2.24) is 0 Å². The molecule has 0 aliphatic carbocycles. The highest BCUT2D eigenvalue weighted by atomic mass is 16.4. The Bertz CT molecular complexity index is 845. The molecule has 3 aromatic rings. The first kappa shape index (κ1) is 12.2. The van der Waals surface area contributed by atoms with Gasteiger partial charge >= 0.3 is 0 Å². The quantitative estimate of drug-likeness (QED) is 0.770. The number of aromatic hydroxyl groups is 1. The largest absolute Gasteiger partial charge is 0.502 e. The first-order chi connectivity index (χ1) is 9.68. The predicted octanol–water partition coefficient (Wildman–Crippen LogP) is 3.56.